The first-order chi connectivity index (χ1) is 7.27. The minimum absolute atomic E-state index is 0.118. The smallest absolute Gasteiger partial charge is 0.323 e. The van der Waals surface area contributed by atoms with Crippen molar-refractivity contribution in [3.05, 3.63) is 0 Å². The minimum atomic E-state index is -3.81. The third kappa shape index (κ3) is 3.16. The molecule has 0 bridgehead atoms. The highest BCUT2D eigenvalue weighted by molar-refractivity contribution is 7.90. The van der Waals surface area contributed by atoms with Crippen LogP contribution in [0.4, 0.5) is 0 Å². The van der Waals surface area contributed by atoms with Crippen LogP contribution in [0, 0.1) is 0 Å². The van der Waals surface area contributed by atoms with Crippen LogP contribution in [0.2, 0.25) is 0 Å². The lowest BCUT2D eigenvalue weighted by molar-refractivity contribution is -0.136. The van der Waals surface area contributed by atoms with Gasteiger partial charge >= 0.3 is 5.97 Å². The maximum Gasteiger partial charge on any atom is 0.323 e. The average Bonchev–Trinajstić information content (AvgIpc) is 2.62. The monoisotopic (exact) mass is 251 g/mol. The first kappa shape index (κ1) is 13.4. The van der Waals surface area contributed by atoms with Crippen molar-refractivity contribution < 1.29 is 23.1 Å². The highest BCUT2D eigenvalue weighted by Crippen LogP contribution is 2.24. The van der Waals surface area contributed by atoms with Gasteiger partial charge in [-0.25, -0.2) is 13.1 Å². The predicted octanol–water partition coefficient (Wildman–Crippen LogP) is -0.0520. The van der Waals surface area contributed by atoms with Gasteiger partial charge < -0.3 is 9.84 Å². The van der Waals surface area contributed by atoms with E-state index in [0.29, 0.717) is 6.61 Å². The van der Waals surface area contributed by atoms with Gasteiger partial charge in [0.2, 0.25) is 10.0 Å². The van der Waals surface area contributed by atoms with Crippen LogP contribution in [-0.2, 0) is 19.6 Å². The molecule has 2 atom stereocenters. The molecule has 0 aliphatic carbocycles. The quantitative estimate of drug-likeness (QED) is 0.714. The van der Waals surface area contributed by atoms with E-state index in [1.54, 1.807) is 0 Å². The Bertz CT molecular complexity index is 358. The zero-order chi connectivity index (χ0) is 12.4. The fourth-order valence-electron chi connectivity index (χ4n) is 1.49. The van der Waals surface area contributed by atoms with Crippen LogP contribution in [0.5, 0.6) is 0 Å². The standard InChI is InChI=1S/C9H17NO5S/c1-7(8(11)12)16(13,14)10-6-9(2)4-3-5-15-9/h7,10H,3-6H2,1-2H3,(H,11,12). The molecule has 0 spiro atoms. The topological polar surface area (TPSA) is 92.7 Å². The Hall–Kier alpha value is -0.660. The molecule has 1 fully saturated rings. The number of carboxylic acid groups (broad SMARTS) is 1. The highest BCUT2D eigenvalue weighted by atomic mass is 32.2. The largest absolute Gasteiger partial charge is 0.480 e. The lowest BCUT2D eigenvalue weighted by Gasteiger charge is -2.23. The first-order valence-electron chi connectivity index (χ1n) is 5.12. The van der Waals surface area contributed by atoms with Crippen LogP contribution in [0.25, 0.3) is 0 Å². The van der Waals surface area contributed by atoms with Gasteiger partial charge in [-0.2, -0.15) is 0 Å². The lowest BCUT2D eigenvalue weighted by atomic mass is 10.0. The Morgan fingerprint density at radius 3 is 2.69 bits per heavy atom. The van der Waals surface area contributed by atoms with E-state index in [9.17, 15) is 13.2 Å². The summed E-state index contributed by atoms with van der Waals surface area (Å²) in [6.45, 7) is 3.69. The fourth-order valence-corrected chi connectivity index (χ4v) is 2.51. The first-order valence-corrected chi connectivity index (χ1v) is 6.67. The van der Waals surface area contributed by atoms with E-state index in [2.05, 4.69) is 4.72 Å². The van der Waals surface area contributed by atoms with Gasteiger partial charge in [0, 0.05) is 13.2 Å². The van der Waals surface area contributed by atoms with Crippen molar-refractivity contribution in [2.24, 2.45) is 0 Å². The number of aliphatic carboxylic acids is 1. The van der Waals surface area contributed by atoms with E-state index in [0.717, 1.165) is 19.8 Å². The van der Waals surface area contributed by atoms with Crippen LogP contribution in [0.3, 0.4) is 0 Å². The Morgan fingerprint density at radius 1 is 1.62 bits per heavy atom. The van der Waals surface area contributed by atoms with Gasteiger partial charge in [0.05, 0.1) is 5.60 Å². The molecular formula is C9H17NO5S. The molecule has 0 aromatic heterocycles. The zero-order valence-electron chi connectivity index (χ0n) is 9.39. The average molecular weight is 251 g/mol. The molecular weight excluding hydrogens is 234 g/mol. The summed E-state index contributed by atoms with van der Waals surface area (Å²) in [7, 11) is -3.81. The van der Waals surface area contributed by atoms with Crippen LogP contribution < -0.4 is 4.72 Å². The van der Waals surface area contributed by atoms with Crippen molar-refractivity contribution in [3.8, 4) is 0 Å². The molecule has 0 saturated carbocycles. The number of hydrogen-bond acceptors (Lipinski definition) is 4. The Labute approximate surface area is 95.0 Å². The van der Waals surface area contributed by atoms with E-state index < -0.39 is 26.8 Å². The van der Waals surface area contributed by atoms with Crippen molar-refractivity contribution in [2.75, 3.05) is 13.2 Å². The number of sulfonamides is 1. The molecule has 7 heteroatoms. The maximum absolute atomic E-state index is 11.5. The maximum atomic E-state index is 11.5. The second kappa shape index (κ2) is 4.68. The normalized spacial score (nSPS) is 27.9. The van der Waals surface area contributed by atoms with E-state index in [1.165, 1.54) is 0 Å². The number of rotatable bonds is 5. The summed E-state index contributed by atoms with van der Waals surface area (Å²) in [6.07, 6.45) is 1.67. The fraction of sp³-hybridized carbons (Fsp3) is 0.889. The van der Waals surface area contributed by atoms with Gasteiger partial charge in [0.1, 0.15) is 0 Å². The van der Waals surface area contributed by atoms with Crippen LogP contribution >= 0.6 is 0 Å². The number of hydrogen-bond donors (Lipinski definition) is 2. The molecule has 0 aromatic rings. The third-order valence-electron chi connectivity index (χ3n) is 2.76. The SMILES string of the molecule is CC(C(=O)O)S(=O)(=O)NCC1(C)CCCO1. The van der Waals surface area contributed by atoms with Gasteiger partial charge in [-0.3, -0.25) is 4.79 Å². The predicted molar refractivity (Wildman–Crippen MR) is 57.6 cm³/mol. The van der Waals surface area contributed by atoms with E-state index in [1.807, 2.05) is 6.92 Å². The molecule has 0 radical (unpaired) electrons. The summed E-state index contributed by atoms with van der Waals surface area (Å²) in [5, 5.41) is 7.18. The van der Waals surface area contributed by atoms with E-state index in [-0.39, 0.29) is 6.54 Å². The van der Waals surface area contributed by atoms with Crippen molar-refractivity contribution in [2.45, 2.75) is 37.5 Å². The summed E-state index contributed by atoms with van der Waals surface area (Å²) < 4.78 is 30.7. The summed E-state index contributed by atoms with van der Waals surface area (Å²) in [5.41, 5.74) is -0.509. The van der Waals surface area contributed by atoms with Gasteiger partial charge in [-0.1, -0.05) is 0 Å². The minimum Gasteiger partial charge on any atom is -0.480 e. The molecule has 1 heterocycles. The molecule has 94 valence electrons. The van der Waals surface area contributed by atoms with Crippen molar-refractivity contribution in [3.63, 3.8) is 0 Å². The third-order valence-corrected chi connectivity index (χ3v) is 4.44. The van der Waals surface area contributed by atoms with Crippen molar-refractivity contribution >= 4 is 16.0 Å². The molecule has 1 aliphatic heterocycles. The second-order valence-corrected chi connectivity index (χ2v) is 6.33. The van der Waals surface area contributed by atoms with Gasteiger partial charge in [-0.05, 0) is 26.7 Å². The number of carbonyl (C=O) groups is 1. The molecule has 16 heavy (non-hydrogen) atoms. The molecule has 2 unspecified atom stereocenters. The van der Waals surface area contributed by atoms with Crippen LogP contribution in [0.1, 0.15) is 26.7 Å². The van der Waals surface area contributed by atoms with Crippen LogP contribution in [0.15, 0.2) is 0 Å². The van der Waals surface area contributed by atoms with Crippen molar-refractivity contribution in [1.82, 2.24) is 4.72 Å². The molecule has 2 N–H and O–H groups in total. The summed E-state index contributed by atoms with van der Waals surface area (Å²) >= 11 is 0. The van der Waals surface area contributed by atoms with Crippen molar-refractivity contribution in [1.29, 1.82) is 0 Å². The number of nitrogens with one attached hydrogen (secondary N) is 1. The van der Waals surface area contributed by atoms with Gasteiger partial charge in [0.25, 0.3) is 0 Å². The van der Waals surface area contributed by atoms with Gasteiger partial charge in [0.15, 0.2) is 5.25 Å². The summed E-state index contributed by atoms with van der Waals surface area (Å²) in [5.74, 6) is -1.36. The molecule has 0 amide bonds. The van der Waals surface area contributed by atoms with Crippen LogP contribution in [-0.4, -0.2) is 43.5 Å². The molecule has 0 aromatic carbocycles. The van der Waals surface area contributed by atoms with E-state index >= 15 is 0 Å². The van der Waals surface area contributed by atoms with Gasteiger partial charge in [-0.15, -0.1) is 0 Å². The molecule has 1 rings (SSSR count). The summed E-state index contributed by atoms with van der Waals surface area (Å²) in [4.78, 5) is 10.6. The lowest BCUT2D eigenvalue weighted by Crippen LogP contribution is -2.45. The summed E-state index contributed by atoms with van der Waals surface area (Å²) in [6, 6.07) is 0. The highest BCUT2D eigenvalue weighted by Gasteiger charge is 2.34. The zero-order valence-corrected chi connectivity index (χ0v) is 10.2. The number of ether oxygens (including phenoxy) is 1. The Kier molecular flexibility index (Phi) is 3.92. The van der Waals surface area contributed by atoms with E-state index in [4.69, 9.17) is 9.84 Å². The Balaban J connectivity index is 2.57. The molecule has 1 saturated heterocycles. The molecule has 6 nitrogen and oxygen atoms in total. The molecule has 1 aliphatic rings. The number of carboxylic acids is 1. The second-order valence-electron chi connectivity index (χ2n) is 4.25. The Morgan fingerprint density at radius 2 is 2.25 bits per heavy atom.